The van der Waals surface area contributed by atoms with Gasteiger partial charge in [0.25, 0.3) is 8.32 Å². The lowest BCUT2D eigenvalue weighted by Gasteiger charge is -2.44. The molecule has 24 heavy (non-hydrogen) atoms. The first kappa shape index (κ1) is 17.4. The highest BCUT2D eigenvalue weighted by Gasteiger charge is 2.52. The van der Waals surface area contributed by atoms with Crippen molar-refractivity contribution in [2.24, 2.45) is 0 Å². The van der Waals surface area contributed by atoms with Gasteiger partial charge in [0.15, 0.2) is 0 Å². The molecule has 0 radical (unpaired) electrons. The molecule has 1 heterocycles. The number of ether oxygens (including phenoxy) is 1. The average molecular weight is 343 g/mol. The highest BCUT2D eigenvalue weighted by molar-refractivity contribution is 6.99. The molecule has 0 amide bonds. The normalized spacial score (nSPS) is 21.8. The third kappa shape index (κ3) is 3.07. The van der Waals surface area contributed by atoms with Crippen LogP contribution in [0.3, 0.4) is 0 Å². The summed E-state index contributed by atoms with van der Waals surface area (Å²) < 4.78 is 12.3. The second kappa shape index (κ2) is 6.80. The van der Waals surface area contributed by atoms with E-state index in [0.717, 1.165) is 0 Å². The molecule has 1 saturated heterocycles. The number of rotatable bonds is 4. The summed E-state index contributed by atoms with van der Waals surface area (Å²) in [5.74, 6) is 0. The lowest BCUT2D eigenvalue weighted by molar-refractivity contribution is 0.0670. The highest BCUT2D eigenvalue weighted by atomic mass is 28.4. The van der Waals surface area contributed by atoms with Gasteiger partial charge in [0.05, 0.1) is 19.3 Å². The molecule has 3 rings (SSSR count). The van der Waals surface area contributed by atoms with Crippen LogP contribution in [0, 0.1) is 0 Å². The van der Waals surface area contributed by atoms with Gasteiger partial charge >= 0.3 is 0 Å². The van der Waals surface area contributed by atoms with Gasteiger partial charge < -0.3 is 14.3 Å². The Morgan fingerprint density at radius 1 is 0.917 bits per heavy atom. The molecule has 3 nitrogen and oxygen atoms in total. The van der Waals surface area contributed by atoms with Crippen molar-refractivity contribution < 1.29 is 14.3 Å². The number of benzene rings is 2. The smallest absolute Gasteiger partial charge is 0.261 e. The van der Waals surface area contributed by atoms with Crippen LogP contribution in [0.2, 0.25) is 5.04 Å². The molecule has 0 unspecified atom stereocenters. The van der Waals surface area contributed by atoms with Gasteiger partial charge in [0, 0.05) is 0 Å². The standard InChI is InChI=1S/C20H26O3Si/c1-20(2,3)24(16-10-6-4-7-11-16,17-12-8-5-9-13-17)23-19-15-22-14-18(19)21/h4-13,18-19,21H,14-15H2,1-3H3/t18-,19-/m1/s1. The van der Waals surface area contributed by atoms with E-state index in [4.69, 9.17) is 9.16 Å². The zero-order chi connectivity index (χ0) is 17.2. The Hall–Kier alpha value is -1.46. The van der Waals surface area contributed by atoms with Crippen LogP contribution in [0.25, 0.3) is 0 Å². The Bertz CT molecular complexity index is 612. The Balaban J connectivity index is 2.17. The minimum atomic E-state index is -2.60. The zero-order valence-corrected chi connectivity index (χ0v) is 15.6. The first-order chi connectivity index (χ1) is 11.4. The summed E-state index contributed by atoms with van der Waals surface area (Å²) >= 11 is 0. The van der Waals surface area contributed by atoms with Crippen molar-refractivity contribution >= 4 is 18.7 Å². The Morgan fingerprint density at radius 2 is 1.42 bits per heavy atom. The Labute approximate surface area is 145 Å². The van der Waals surface area contributed by atoms with Gasteiger partial charge in [0.1, 0.15) is 6.10 Å². The minimum absolute atomic E-state index is 0.0853. The van der Waals surface area contributed by atoms with Gasteiger partial charge in [-0.3, -0.25) is 0 Å². The molecule has 1 fully saturated rings. The van der Waals surface area contributed by atoms with Crippen molar-refractivity contribution in [3.8, 4) is 0 Å². The number of aliphatic hydroxyl groups excluding tert-OH is 1. The van der Waals surface area contributed by atoms with E-state index in [-0.39, 0.29) is 11.1 Å². The Kier molecular flexibility index (Phi) is 4.92. The summed E-state index contributed by atoms with van der Waals surface area (Å²) in [6, 6.07) is 21.0. The lowest BCUT2D eigenvalue weighted by atomic mass is 10.2. The van der Waals surface area contributed by atoms with E-state index in [1.54, 1.807) is 0 Å². The number of hydrogen-bond donors (Lipinski definition) is 1. The predicted molar refractivity (Wildman–Crippen MR) is 99.3 cm³/mol. The van der Waals surface area contributed by atoms with Gasteiger partial charge in [-0.2, -0.15) is 0 Å². The van der Waals surface area contributed by atoms with Crippen LogP contribution in [-0.4, -0.2) is 38.8 Å². The molecular weight excluding hydrogens is 316 g/mol. The fraction of sp³-hybridized carbons (Fsp3) is 0.400. The van der Waals surface area contributed by atoms with Gasteiger partial charge in [-0.05, 0) is 15.4 Å². The molecule has 0 saturated carbocycles. The monoisotopic (exact) mass is 342 g/mol. The molecule has 4 heteroatoms. The summed E-state index contributed by atoms with van der Waals surface area (Å²) in [4.78, 5) is 0. The summed E-state index contributed by atoms with van der Waals surface area (Å²) in [7, 11) is -2.60. The quantitative estimate of drug-likeness (QED) is 0.867. The van der Waals surface area contributed by atoms with Gasteiger partial charge in [-0.1, -0.05) is 81.4 Å². The van der Waals surface area contributed by atoms with Crippen LogP contribution in [0.5, 0.6) is 0 Å². The highest BCUT2D eigenvalue weighted by Crippen LogP contribution is 2.38. The third-order valence-electron chi connectivity index (χ3n) is 4.74. The van der Waals surface area contributed by atoms with Crippen molar-refractivity contribution in [2.75, 3.05) is 13.2 Å². The van der Waals surface area contributed by atoms with Crippen LogP contribution < -0.4 is 10.4 Å². The molecule has 1 N–H and O–H groups in total. The Morgan fingerprint density at radius 3 is 1.79 bits per heavy atom. The van der Waals surface area contributed by atoms with Crippen LogP contribution in [0.1, 0.15) is 20.8 Å². The summed E-state index contributed by atoms with van der Waals surface area (Å²) in [6.07, 6.45) is -0.844. The largest absolute Gasteiger partial charge is 0.399 e. The molecule has 128 valence electrons. The van der Waals surface area contributed by atoms with Gasteiger partial charge in [-0.15, -0.1) is 0 Å². The number of aliphatic hydroxyl groups is 1. The van der Waals surface area contributed by atoms with E-state index >= 15 is 0 Å². The maximum absolute atomic E-state index is 10.3. The molecule has 0 spiro atoms. The van der Waals surface area contributed by atoms with Crippen molar-refractivity contribution in [3.05, 3.63) is 60.7 Å². The maximum atomic E-state index is 10.3. The maximum Gasteiger partial charge on any atom is 0.261 e. The molecular formula is C20H26O3Si. The molecule has 2 aromatic rings. The number of hydrogen-bond acceptors (Lipinski definition) is 3. The molecule has 0 aliphatic carbocycles. The van der Waals surface area contributed by atoms with E-state index in [2.05, 4.69) is 69.3 Å². The lowest BCUT2D eigenvalue weighted by Crippen LogP contribution is -2.68. The van der Waals surface area contributed by atoms with Gasteiger partial charge in [0.2, 0.25) is 0 Å². The molecule has 0 bridgehead atoms. The van der Waals surface area contributed by atoms with E-state index in [0.29, 0.717) is 13.2 Å². The molecule has 1 aliphatic rings. The van der Waals surface area contributed by atoms with Crippen LogP contribution >= 0.6 is 0 Å². The van der Waals surface area contributed by atoms with Crippen LogP contribution in [0.15, 0.2) is 60.7 Å². The average Bonchev–Trinajstić information content (AvgIpc) is 2.98. The van der Waals surface area contributed by atoms with Crippen molar-refractivity contribution in [1.29, 1.82) is 0 Å². The predicted octanol–water partition coefficient (Wildman–Crippen LogP) is 2.32. The molecule has 1 aliphatic heterocycles. The van der Waals surface area contributed by atoms with Crippen molar-refractivity contribution in [2.45, 2.75) is 38.0 Å². The fourth-order valence-corrected chi connectivity index (χ4v) is 8.25. The summed E-state index contributed by atoms with van der Waals surface area (Å²) in [5, 5.41) is 12.6. The summed E-state index contributed by atoms with van der Waals surface area (Å²) in [6.45, 7) is 7.51. The van der Waals surface area contributed by atoms with E-state index in [9.17, 15) is 5.11 Å². The van der Waals surface area contributed by atoms with Crippen molar-refractivity contribution in [1.82, 2.24) is 0 Å². The minimum Gasteiger partial charge on any atom is -0.399 e. The first-order valence-electron chi connectivity index (χ1n) is 8.50. The van der Waals surface area contributed by atoms with E-state index < -0.39 is 14.4 Å². The second-order valence-corrected chi connectivity index (χ2v) is 11.7. The van der Waals surface area contributed by atoms with Crippen LogP contribution in [0.4, 0.5) is 0 Å². The van der Waals surface area contributed by atoms with E-state index in [1.807, 2.05) is 12.1 Å². The molecule has 2 atom stereocenters. The SMILES string of the molecule is CC(C)(C)[Si](O[C@@H]1COC[C@H]1O)(c1ccccc1)c1ccccc1. The third-order valence-corrected chi connectivity index (χ3v) is 9.81. The zero-order valence-electron chi connectivity index (χ0n) is 14.6. The van der Waals surface area contributed by atoms with E-state index in [1.165, 1.54) is 10.4 Å². The van der Waals surface area contributed by atoms with Gasteiger partial charge in [-0.25, -0.2) is 0 Å². The first-order valence-corrected chi connectivity index (χ1v) is 10.4. The van der Waals surface area contributed by atoms with Crippen molar-refractivity contribution in [3.63, 3.8) is 0 Å². The topological polar surface area (TPSA) is 38.7 Å². The second-order valence-electron chi connectivity index (χ2n) is 7.42. The molecule has 2 aromatic carbocycles. The van der Waals surface area contributed by atoms with Crippen LogP contribution in [-0.2, 0) is 9.16 Å². The summed E-state index contributed by atoms with van der Waals surface area (Å²) in [5.41, 5.74) is 0. The molecule has 0 aromatic heterocycles. The fourth-order valence-electron chi connectivity index (χ4n) is 3.55.